The SMILES string of the molecule is CC1CCN(CCN2CC[CH]CC2C(N)=O)CC1. The highest BCUT2D eigenvalue weighted by Gasteiger charge is 2.27. The fourth-order valence-corrected chi connectivity index (χ4v) is 2.96. The van der Waals surface area contributed by atoms with Crippen molar-refractivity contribution in [2.45, 2.75) is 38.6 Å². The lowest BCUT2D eigenvalue weighted by Gasteiger charge is -2.36. The van der Waals surface area contributed by atoms with Crippen LogP contribution < -0.4 is 5.73 Å². The van der Waals surface area contributed by atoms with E-state index in [4.69, 9.17) is 5.73 Å². The predicted octanol–water partition coefficient (Wildman–Crippen LogP) is 0.872. The number of primary amides is 1. The minimum Gasteiger partial charge on any atom is -0.368 e. The van der Waals surface area contributed by atoms with Crippen LogP contribution in [-0.4, -0.2) is 54.5 Å². The summed E-state index contributed by atoms with van der Waals surface area (Å²) in [4.78, 5) is 16.2. The maximum absolute atomic E-state index is 11.4. The van der Waals surface area contributed by atoms with Crippen molar-refractivity contribution in [2.24, 2.45) is 11.7 Å². The minimum atomic E-state index is -0.168. The molecule has 0 aliphatic carbocycles. The molecule has 2 aliphatic rings. The summed E-state index contributed by atoms with van der Waals surface area (Å²) in [7, 11) is 0. The van der Waals surface area contributed by atoms with Gasteiger partial charge < -0.3 is 10.6 Å². The Morgan fingerprint density at radius 1 is 1.28 bits per heavy atom. The first kappa shape index (κ1) is 13.8. The molecule has 2 fully saturated rings. The number of carbonyl (C=O) groups is 1. The van der Waals surface area contributed by atoms with Crippen molar-refractivity contribution in [1.82, 2.24) is 9.80 Å². The van der Waals surface area contributed by atoms with Crippen molar-refractivity contribution in [1.29, 1.82) is 0 Å². The van der Waals surface area contributed by atoms with E-state index in [1.165, 1.54) is 25.9 Å². The number of amides is 1. The average Bonchev–Trinajstić information content (AvgIpc) is 2.38. The number of hydrogen-bond donors (Lipinski definition) is 1. The van der Waals surface area contributed by atoms with E-state index in [0.29, 0.717) is 0 Å². The normalized spacial score (nSPS) is 28.4. The summed E-state index contributed by atoms with van der Waals surface area (Å²) < 4.78 is 0. The minimum absolute atomic E-state index is 0.0672. The van der Waals surface area contributed by atoms with Crippen molar-refractivity contribution in [3.63, 3.8) is 0 Å². The summed E-state index contributed by atoms with van der Waals surface area (Å²) in [5.41, 5.74) is 5.47. The van der Waals surface area contributed by atoms with Gasteiger partial charge in [-0.25, -0.2) is 0 Å². The smallest absolute Gasteiger partial charge is 0.234 e. The Balaban J connectivity index is 1.75. The molecular formula is C14H26N3O. The zero-order valence-corrected chi connectivity index (χ0v) is 11.5. The molecule has 2 saturated heterocycles. The van der Waals surface area contributed by atoms with E-state index in [0.717, 1.165) is 38.4 Å². The van der Waals surface area contributed by atoms with Crippen LogP contribution in [-0.2, 0) is 4.79 Å². The van der Waals surface area contributed by atoms with Crippen LogP contribution in [0.3, 0.4) is 0 Å². The zero-order valence-electron chi connectivity index (χ0n) is 11.5. The summed E-state index contributed by atoms with van der Waals surface area (Å²) in [6, 6.07) is -0.0672. The third-order valence-electron chi connectivity index (χ3n) is 4.36. The first-order valence-corrected chi connectivity index (χ1v) is 7.24. The van der Waals surface area contributed by atoms with E-state index < -0.39 is 0 Å². The number of carbonyl (C=O) groups excluding carboxylic acids is 1. The van der Waals surface area contributed by atoms with Gasteiger partial charge >= 0.3 is 0 Å². The standard InChI is InChI=1S/C14H26N3O/c1-12-5-8-16(9-6-12)10-11-17-7-3-2-4-13(17)14(15)18/h2,12-13H,3-11H2,1H3,(H2,15,18). The van der Waals surface area contributed by atoms with Crippen molar-refractivity contribution >= 4 is 5.91 Å². The topological polar surface area (TPSA) is 49.6 Å². The van der Waals surface area contributed by atoms with Gasteiger partial charge in [-0.05, 0) is 57.7 Å². The molecule has 0 spiro atoms. The molecule has 4 nitrogen and oxygen atoms in total. The first-order chi connectivity index (χ1) is 8.66. The Bertz CT molecular complexity index is 274. The molecule has 0 bridgehead atoms. The first-order valence-electron chi connectivity index (χ1n) is 7.24. The van der Waals surface area contributed by atoms with Gasteiger partial charge in [0.1, 0.15) is 0 Å². The Hall–Kier alpha value is -0.610. The summed E-state index contributed by atoms with van der Waals surface area (Å²) in [5, 5.41) is 0. The molecule has 2 rings (SSSR count). The van der Waals surface area contributed by atoms with Gasteiger partial charge in [-0.1, -0.05) is 6.92 Å². The molecule has 103 valence electrons. The molecule has 4 heteroatoms. The second-order valence-corrected chi connectivity index (χ2v) is 5.79. The molecule has 1 atom stereocenters. The van der Waals surface area contributed by atoms with Crippen molar-refractivity contribution in [3.8, 4) is 0 Å². The molecule has 1 radical (unpaired) electrons. The Labute approximate surface area is 110 Å². The van der Waals surface area contributed by atoms with Crippen LogP contribution in [0.15, 0.2) is 0 Å². The fraction of sp³-hybridized carbons (Fsp3) is 0.857. The predicted molar refractivity (Wildman–Crippen MR) is 72.9 cm³/mol. The van der Waals surface area contributed by atoms with E-state index in [1.54, 1.807) is 0 Å². The van der Waals surface area contributed by atoms with Crippen LogP contribution in [0, 0.1) is 12.3 Å². The van der Waals surface area contributed by atoms with Gasteiger partial charge in [0, 0.05) is 13.1 Å². The van der Waals surface area contributed by atoms with Crippen molar-refractivity contribution in [3.05, 3.63) is 6.42 Å². The van der Waals surface area contributed by atoms with E-state index in [1.807, 2.05) is 0 Å². The van der Waals surface area contributed by atoms with E-state index in [9.17, 15) is 4.79 Å². The molecule has 1 amide bonds. The second kappa shape index (κ2) is 6.53. The number of rotatable bonds is 4. The summed E-state index contributed by atoms with van der Waals surface area (Å²) in [6.07, 6.45) is 6.72. The molecule has 18 heavy (non-hydrogen) atoms. The second-order valence-electron chi connectivity index (χ2n) is 5.79. The molecule has 2 N–H and O–H groups in total. The lowest BCUT2D eigenvalue weighted by molar-refractivity contribution is -0.123. The number of hydrogen-bond acceptors (Lipinski definition) is 3. The zero-order chi connectivity index (χ0) is 13.0. The lowest BCUT2D eigenvalue weighted by Crippen LogP contribution is -2.50. The van der Waals surface area contributed by atoms with Gasteiger partial charge in [-0.3, -0.25) is 9.69 Å². The van der Waals surface area contributed by atoms with Gasteiger partial charge in [-0.15, -0.1) is 0 Å². The Morgan fingerprint density at radius 2 is 2.00 bits per heavy atom. The summed E-state index contributed by atoms with van der Waals surface area (Å²) in [6.45, 7) is 7.80. The molecule has 2 heterocycles. The molecular weight excluding hydrogens is 226 g/mol. The van der Waals surface area contributed by atoms with Crippen LogP contribution in [0.2, 0.25) is 0 Å². The molecule has 0 aromatic rings. The van der Waals surface area contributed by atoms with Gasteiger partial charge in [-0.2, -0.15) is 0 Å². The summed E-state index contributed by atoms with van der Waals surface area (Å²) >= 11 is 0. The Morgan fingerprint density at radius 3 is 2.67 bits per heavy atom. The van der Waals surface area contributed by atoms with Crippen molar-refractivity contribution < 1.29 is 4.79 Å². The van der Waals surface area contributed by atoms with Crippen LogP contribution in [0.25, 0.3) is 0 Å². The van der Waals surface area contributed by atoms with Crippen LogP contribution in [0.5, 0.6) is 0 Å². The quantitative estimate of drug-likeness (QED) is 0.808. The highest BCUT2D eigenvalue weighted by molar-refractivity contribution is 5.80. The molecule has 0 aromatic heterocycles. The van der Waals surface area contributed by atoms with Gasteiger partial charge in [0.25, 0.3) is 0 Å². The average molecular weight is 252 g/mol. The number of piperidine rings is 2. The maximum atomic E-state index is 11.4. The van der Waals surface area contributed by atoms with Gasteiger partial charge in [0.05, 0.1) is 6.04 Å². The lowest BCUT2D eigenvalue weighted by atomic mass is 9.99. The maximum Gasteiger partial charge on any atom is 0.234 e. The van der Waals surface area contributed by atoms with E-state index in [-0.39, 0.29) is 11.9 Å². The molecule has 0 aromatic carbocycles. The van der Waals surface area contributed by atoms with E-state index >= 15 is 0 Å². The third-order valence-corrected chi connectivity index (χ3v) is 4.36. The Kier molecular flexibility index (Phi) is 5.01. The molecule has 1 unspecified atom stereocenters. The van der Waals surface area contributed by atoms with Crippen molar-refractivity contribution in [2.75, 3.05) is 32.7 Å². The highest BCUT2D eigenvalue weighted by atomic mass is 16.1. The van der Waals surface area contributed by atoms with Crippen LogP contribution in [0.4, 0.5) is 0 Å². The highest BCUT2D eigenvalue weighted by Crippen LogP contribution is 2.18. The van der Waals surface area contributed by atoms with E-state index in [2.05, 4.69) is 23.1 Å². The number of nitrogens with two attached hydrogens (primary N) is 1. The third kappa shape index (κ3) is 3.69. The fourth-order valence-electron chi connectivity index (χ4n) is 2.96. The molecule has 2 aliphatic heterocycles. The number of likely N-dealkylation sites (tertiary alicyclic amines) is 2. The summed E-state index contributed by atoms with van der Waals surface area (Å²) in [5.74, 6) is 0.711. The van der Waals surface area contributed by atoms with Crippen LogP contribution >= 0.6 is 0 Å². The van der Waals surface area contributed by atoms with Gasteiger partial charge in [0.2, 0.25) is 5.91 Å². The molecule has 0 saturated carbocycles. The number of nitrogens with zero attached hydrogens (tertiary/aromatic N) is 2. The largest absolute Gasteiger partial charge is 0.368 e. The van der Waals surface area contributed by atoms with Gasteiger partial charge in [0.15, 0.2) is 0 Å². The van der Waals surface area contributed by atoms with Crippen LogP contribution in [0.1, 0.15) is 32.6 Å². The monoisotopic (exact) mass is 252 g/mol.